The normalized spacial score (nSPS) is 48.2. The van der Waals surface area contributed by atoms with Crippen molar-refractivity contribution < 1.29 is 14.3 Å². The van der Waals surface area contributed by atoms with Gasteiger partial charge in [0.1, 0.15) is 6.10 Å². The molecule has 0 unspecified atom stereocenters. The molecule has 4 aliphatic rings. The van der Waals surface area contributed by atoms with E-state index in [2.05, 4.69) is 33.8 Å². The summed E-state index contributed by atoms with van der Waals surface area (Å²) in [6.07, 6.45) is 4.63. The number of allylic oxidation sites excluding steroid dienone is 2. The summed E-state index contributed by atoms with van der Waals surface area (Å²) < 4.78 is 5.59. The number of carbonyl (C=O) groups is 2. The molecule has 0 amide bonds. The number of rotatable bonds is 1. The molecule has 0 aromatic heterocycles. The Balaban J connectivity index is 2.06. The molecule has 0 saturated heterocycles. The molecule has 4 bridgehead atoms. The van der Waals surface area contributed by atoms with Crippen LogP contribution in [0.15, 0.2) is 12.2 Å². The number of hydrogen-bond acceptors (Lipinski definition) is 3. The number of hydrogen-bond donors (Lipinski definition) is 0. The van der Waals surface area contributed by atoms with Crippen molar-refractivity contribution in [3.8, 4) is 0 Å². The van der Waals surface area contributed by atoms with Crippen molar-refractivity contribution in [1.29, 1.82) is 0 Å². The van der Waals surface area contributed by atoms with Crippen LogP contribution in [0.1, 0.15) is 41.0 Å². The summed E-state index contributed by atoms with van der Waals surface area (Å²) in [6.45, 7) is 10.2. The van der Waals surface area contributed by atoms with Gasteiger partial charge in [-0.15, -0.1) is 0 Å². The molecule has 0 N–H and O–H groups in total. The third-order valence-electron chi connectivity index (χ3n) is 6.15. The molecule has 3 heteroatoms. The Bertz CT molecular complexity index is 504. The molecule has 3 nitrogen and oxygen atoms in total. The van der Waals surface area contributed by atoms with E-state index in [9.17, 15) is 9.59 Å². The Labute approximate surface area is 120 Å². The Kier molecular flexibility index (Phi) is 2.74. The lowest BCUT2D eigenvalue weighted by atomic mass is 9.35. The van der Waals surface area contributed by atoms with Gasteiger partial charge in [0.05, 0.1) is 0 Å². The summed E-state index contributed by atoms with van der Waals surface area (Å²) in [5.41, 5.74) is -0.346. The van der Waals surface area contributed by atoms with Crippen LogP contribution in [-0.4, -0.2) is 17.9 Å². The molecule has 0 aromatic carbocycles. The minimum Gasteiger partial charge on any atom is -0.462 e. The van der Waals surface area contributed by atoms with Crippen LogP contribution in [0, 0.1) is 34.5 Å². The summed E-state index contributed by atoms with van der Waals surface area (Å²) in [5.74, 6) is 1.43. The number of ketones is 1. The predicted molar refractivity (Wildman–Crippen MR) is 75.8 cm³/mol. The predicted octanol–water partition coefficient (Wildman–Crippen LogP) is 2.99. The Morgan fingerprint density at radius 2 is 1.90 bits per heavy atom. The van der Waals surface area contributed by atoms with Crippen molar-refractivity contribution in [1.82, 2.24) is 0 Å². The lowest BCUT2D eigenvalue weighted by molar-refractivity contribution is -0.245. The summed E-state index contributed by atoms with van der Waals surface area (Å²) in [5, 5.41) is 0. The average Bonchev–Trinajstić information content (AvgIpc) is 2.42. The van der Waals surface area contributed by atoms with Crippen LogP contribution in [-0.2, 0) is 14.3 Å². The van der Waals surface area contributed by atoms with Gasteiger partial charge in [0.25, 0.3) is 0 Å². The first kappa shape index (κ1) is 13.8. The fourth-order valence-corrected chi connectivity index (χ4v) is 5.46. The van der Waals surface area contributed by atoms with Gasteiger partial charge in [-0.05, 0) is 35.7 Å². The Hall–Kier alpha value is -1.12. The smallest absolute Gasteiger partial charge is 0.302 e. The highest BCUT2D eigenvalue weighted by molar-refractivity contribution is 5.97. The van der Waals surface area contributed by atoms with Gasteiger partial charge in [-0.1, -0.05) is 33.8 Å². The van der Waals surface area contributed by atoms with Crippen molar-refractivity contribution in [2.24, 2.45) is 34.5 Å². The molecule has 0 heterocycles. The molecule has 110 valence electrons. The number of fused-ring (bicyclic) bond motifs is 2. The maximum absolute atomic E-state index is 12.6. The standard InChI is InChI=1S/C17H24O3/c1-9-8-11(20-10(2)18)14-15-13(9)17(14,5)12(19)6-7-16(15,3)4/h6-7,9,11,13-15H,8H2,1-5H3/t9-,11+,13-,14+,15-,17+/m0/s1. The highest BCUT2D eigenvalue weighted by Gasteiger charge is 2.72. The third-order valence-corrected chi connectivity index (χ3v) is 6.15. The first-order valence-corrected chi connectivity index (χ1v) is 7.60. The van der Waals surface area contributed by atoms with Crippen LogP contribution in [0.5, 0.6) is 0 Å². The fourth-order valence-electron chi connectivity index (χ4n) is 5.46. The number of carbonyl (C=O) groups excluding carboxylic acids is 2. The molecule has 3 saturated carbocycles. The van der Waals surface area contributed by atoms with Gasteiger partial charge in [0.2, 0.25) is 0 Å². The highest BCUT2D eigenvalue weighted by Crippen LogP contribution is 2.71. The molecule has 0 aliphatic heterocycles. The van der Waals surface area contributed by atoms with Crippen molar-refractivity contribution in [2.45, 2.75) is 47.1 Å². The molecular weight excluding hydrogens is 252 g/mol. The van der Waals surface area contributed by atoms with Crippen molar-refractivity contribution >= 4 is 11.8 Å². The lowest BCUT2D eigenvalue weighted by Crippen LogP contribution is -2.70. The molecule has 0 aromatic rings. The van der Waals surface area contributed by atoms with E-state index < -0.39 is 0 Å². The Morgan fingerprint density at radius 3 is 2.50 bits per heavy atom. The monoisotopic (exact) mass is 276 g/mol. The molecule has 3 fully saturated rings. The van der Waals surface area contributed by atoms with E-state index in [4.69, 9.17) is 4.74 Å². The fraction of sp³-hybridized carbons (Fsp3) is 0.765. The van der Waals surface area contributed by atoms with Gasteiger partial charge in [0.15, 0.2) is 5.78 Å². The molecule has 0 radical (unpaired) electrons. The van der Waals surface area contributed by atoms with Gasteiger partial charge in [-0.2, -0.15) is 0 Å². The van der Waals surface area contributed by atoms with Crippen LogP contribution >= 0.6 is 0 Å². The van der Waals surface area contributed by atoms with Crippen LogP contribution in [0.2, 0.25) is 0 Å². The van der Waals surface area contributed by atoms with Gasteiger partial charge in [0, 0.05) is 18.3 Å². The summed E-state index contributed by atoms with van der Waals surface area (Å²) >= 11 is 0. The maximum atomic E-state index is 12.6. The van der Waals surface area contributed by atoms with Crippen molar-refractivity contribution in [3.05, 3.63) is 12.2 Å². The van der Waals surface area contributed by atoms with Crippen molar-refractivity contribution in [3.63, 3.8) is 0 Å². The number of esters is 1. The van der Waals surface area contributed by atoms with Crippen LogP contribution in [0.4, 0.5) is 0 Å². The minimum atomic E-state index is -0.341. The zero-order valence-corrected chi connectivity index (χ0v) is 13.0. The molecule has 6 atom stereocenters. The second-order valence-corrected chi connectivity index (χ2v) is 7.74. The topological polar surface area (TPSA) is 43.4 Å². The minimum absolute atomic E-state index is 0.00587. The molecule has 4 rings (SSSR count). The van der Waals surface area contributed by atoms with E-state index >= 15 is 0 Å². The van der Waals surface area contributed by atoms with Gasteiger partial charge >= 0.3 is 5.97 Å². The lowest BCUT2D eigenvalue weighted by Gasteiger charge is -2.69. The number of ether oxygens (including phenoxy) is 1. The summed E-state index contributed by atoms with van der Waals surface area (Å²) in [6, 6.07) is 0. The van der Waals surface area contributed by atoms with E-state index in [1.54, 1.807) is 6.08 Å². The summed E-state index contributed by atoms with van der Waals surface area (Å²) in [7, 11) is 0. The van der Waals surface area contributed by atoms with E-state index in [0.717, 1.165) is 6.42 Å². The second-order valence-electron chi connectivity index (χ2n) is 7.74. The van der Waals surface area contributed by atoms with E-state index in [-0.39, 0.29) is 34.6 Å². The first-order valence-electron chi connectivity index (χ1n) is 7.60. The average molecular weight is 276 g/mol. The third kappa shape index (κ3) is 1.52. The van der Waals surface area contributed by atoms with E-state index in [0.29, 0.717) is 17.8 Å². The Morgan fingerprint density at radius 1 is 1.25 bits per heavy atom. The largest absolute Gasteiger partial charge is 0.462 e. The summed E-state index contributed by atoms with van der Waals surface area (Å²) in [4.78, 5) is 24.0. The molecule has 20 heavy (non-hydrogen) atoms. The van der Waals surface area contributed by atoms with E-state index in [1.165, 1.54) is 6.92 Å². The maximum Gasteiger partial charge on any atom is 0.302 e. The molecule has 4 aliphatic carbocycles. The van der Waals surface area contributed by atoms with Crippen LogP contribution in [0.25, 0.3) is 0 Å². The van der Waals surface area contributed by atoms with Gasteiger partial charge in [-0.25, -0.2) is 0 Å². The SMILES string of the molecule is CC(=O)O[C@@H]1C[C@H](C)[C@H]2[C@H]3[C@@H]1[C@]2(C)C(=O)C=CC3(C)C. The van der Waals surface area contributed by atoms with Crippen molar-refractivity contribution in [2.75, 3.05) is 0 Å². The van der Waals surface area contributed by atoms with Gasteiger partial charge in [-0.3, -0.25) is 9.59 Å². The zero-order valence-electron chi connectivity index (χ0n) is 13.0. The zero-order chi connectivity index (χ0) is 14.9. The highest BCUT2D eigenvalue weighted by atomic mass is 16.5. The molecule has 0 spiro atoms. The second kappa shape index (κ2) is 3.96. The van der Waals surface area contributed by atoms with Crippen LogP contribution < -0.4 is 0 Å². The molecular formula is C17H24O3. The first-order chi connectivity index (χ1) is 9.19. The quantitative estimate of drug-likeness (QED) is 0.691. The van der Waals surface area contributed by atoms with E-state index in [1.807, 2.05) is 0 Å². The van der Waals surface area contributed by atoms with Gasteiger partial charge < -0.3 is 4.74 Å². The van der Waals surface area contributed by atoms with Crippen LogP contribution in [0.3, 0.4) is 0 Å².